The van der Waals surface area contributed by atoms with Gasteiger partial charge in [0.15, 0.2) is 5.96 Å². The summed E-state index contributed by atoms with van der Waals surface area (Å²) >= 11 is 0. The van der Waals surface area contributed by atoms with Gasteiger partial charge in [0.2, 0.25) is 10.0 Å². The Morgan fingerprint density at radius 2 is 1.89 bits per heavy atom. The number of hydrogen-bond acceptors (Lipinski definition) is 3. The lowest BCUT2D eigenvalue weighted by Gasteiger charge is -2.17. The Morgan fingerprint density at radius 1 is 1.21 bits per heavy atom. The molecular weight excluding hydrogens is 494 g/mol. The van der Waals surface area contributed by atoms with Gasteiger partial charge in [0.25, 0.3) is 0 Å². The molecule has 3 N–H and O–H groups in total. The van der Waals surface area contributed by atoms with Crippen LogP contribution in [0.5, 0.6) is 0 Å². The molecule has 2 aromatic rings. The number of guanidine groups is 1. The van der Waals surface area contributed by atoms with Gasteiger partial charge in [0.05, 0.1) is 18.0 Å². The van der Waals surface area contributed by atoms with Crippen molar-refractivity contribution in [1.29, 1.82) is 0 Å². The monoisotopic (exact) mass is 518 g/mol. The fraction of sp³-hybridized carbons (Fsp3) is 0.316. The lowest BCUT2D eigenvalue weighted by Crippen LogP contribution is -2.26. The third-order valence-electron chi connectivity index (χ3n) is 4.31. The van der Waals surface area contributed by atoms with Gasteiger partial charge in [-0.15, -0.1) is 24.0 Å². The van der Waals surface area contributed by atoms with Gasteiger partial charge in [-0.05, 0) is 61.2 Å². The molecule has 3 rings (SSSR count). The Hall–Kier alpha value is -1.88. The van der Waals surface area contributed by atoms with E-state index in [1.165, 1.54) is 12.1 Å². The van der Waals surface area contributed by atoms with Crippen LogP contribution in [0.3, 0.4) is 0 Å². The fourth-order valence-electron chi connectivity index (χ4n) is 3.17. The number of nitrogens with one attached hydrogen (secondary N) is 1. The molecule has 1 heterocycles. The van der Waals surface area contributed by atoms with Crippen LogP contribution in [0, 0.1) is 19.7 Å². The third-order valence-corrected chi connectivity index (χ3v) is 6.16. The lowest BCUT2D eigenvalue weighted by molar-refractivity contribution is 0.594. The van der Waals surface area contributed by atoms with Crippen LogP contribution in [-0.2, 0) is 16.6 Å². The number of halogens is 2. The second-order valence-corrected chi connectivity index (χ2v) is 8.74. The smallest absolute Gasteiger partial charge is 0.235 e. The summed E-state index contributed by atoms with van der Waals surface area (Å²) in [5.74, 6) is -0.292. The first-order chi connectivity index (χ1) is 12.7. The van der Waals surface area contributed by atoms with E-state index < -0.39 is 15.8 Å². The number of anilines is 2. The van der Waals surface area contributed by atoms with E-state index in [0.717, 1.165) is 21.1 Å². The Bertz CT molecular complexity index is 975. The molecule has 0 aromatic heterocycles. The fourth-order valence-corrected chi connectivity index (χ4v) is 4.74. The maximum atomic E-state index is 14.4. The highest BCUT2D eigenvalue weighted by atomic mass is 127. The van der Waals surface area contributed by atoms with E-state index in [1.54, 1.807) is 6.07 Å². The molecule has 2 aromatic carbocycles. The first-order valence-electron chi connectivity index (χ1n) is 8.69. The number of nitrogens with zero attached hydrogens (tertiary/aromatic N) is 2. The highest BCUT2D eigenvalue weighted by molar-refractivity contribution is 14.0. The van der Waals surface area contributed by atoms with Crippen molar-refractivity contribution in [2.75, 3.05) is 21.9 Å². The summed E-state index contributed by atoms with van der Waals surface area (Å²) in [6, 6.07) is 10.4. The van der Waals surface area contributed by atoms with E-state index in [4.69, 9.17) is 5.73 Å². The molecule has 0 unspecified atom stereocenters. The molecule has 152 valence electrons. The van der Waals surface area contributed by atoms with E-state index in [9.17, 15) is 12.8 Å². The zero-order chi connectivity index (χ0) is 19.6. The minimum atomic E-state index is -3.41. The van der Waals surface area contributed by atoms with E-state index in [2.05, 4.69) is 16.4 Å². The van der Waals surface area contributed by atoms with Gasteiger partial charge in [-0.3, -0.25) is 4.31 Å². The van der Waals surface area contributed by atoms with Gasteiger partial charge in [-0.25, -0.2) is 17.8 Å². The Labute approximate surface area is 182 Å². The van der Waals surface area contributed by atoms with Crippen molar-refractivity contribution in [3.8, 4) is 0 Å². The Kier molecular flexibility index (Phi) is 7.27. The van der Waals surface area contributed by atoms with Gasteiger partial charge in [-0.1, -0.05) is 12.1 Å². The van der Waals surface area contributed by atoms with E-state index >= 15 is 0 Å². The van der Waals surface area contributed by atoms with Crippen LogP contribution < -0.4 is 15.4 Å². The molecule has 0 saturated carbocycles. The number of aliphatic imine (C=N–C) groups is 1. The van der Waals surface area contributed by atoms with Crippen LogP contribution in [-0.4, -0.2) is 26.7 Å². The van der Waals surface area contributed by atoms with Crippen molar-refractivity contribution in [2.24, 2.45) is 10.7 Å². The van der Waals surface area contributed by atoms with Crippen LogP contribution in [0.25, 0.3) is 0 Å². The highest BCUT2D eigenvalue weighted by Gasteiger charge is 2.30. The Morgan fingerprint density at radius 3 is 2.46 bits per heavy atom. The predicted molar refractivity (Wildman–Crippen MR) is 122 cm³/mol. The number of aryl methyl sites for hydroxylation is 2. The zero-order valence-corrected chi connectivity index (χ0v) is 18.9. The molecule has 9 heteroatoms. The number of nitrogens with two attached hydrogens (primary N) is 1. The molecule has 0 bridgehead atoms. The first-order valence-corrected chi connectivity index (χ1v) is 10.3. The largest absolute Gasteiger partial charge is 0.370 e. The summed E-state index contributed by atoms with van der Waals surface area (Å²) in [5.41, 5.74) is 9.67. The molecule has 1 fully saturated rings. The molecule has 0 radical (unpaired) electrons. The molecule has 1 aliphatic rings. The average Bonchev–Trinajstić information content (AvgIpc) is 2.91. The van der Waals surface area contributed by atoms with E-state index in [0.29, 0.717) is 18.5 Å². The van der Waals surface area contributed by atoms with E-state index in [1.807, 2.05) is 26.0 Å². The lowest BCUT2D eigenvalue weighted by atomic mass is 10.1. The van der Waals surface area contributed by atoms with Crippen molar-refractivity contribution in [1.82, 2.24) is 0 Å². The highest BCUT2D eigenvalue weighted by Crippen LogP contribution is 2.27. The molecule has 0 aliphatic carbocycles. The number of hydrogen-bond donors (Lipinski definition) is 2. The summed E-state index contributed by atoms with van der Waals surface area (Å²) in [7, 11) is -3.41. The maximum Gasteiger partial charge on any atom is 0.235 e. The summed E-state index contributed by atoms with van der Waals surface area (Å²) in [6.07, 6.45) is 0.508. The Balaban J connectivity index is 0.00000280. The topological polar surface area (TPSA) is 87.8 Å². The summed E-state index contributed by atoms with van der Waals surface area (Å²) in [6.45, 7) is 4.49. The predicted octanol–water partition coefficient (Wildman–Crippen LogP) is 3.53. The van der Waals surface area contributed by atoms with Crippen LogP contribution >= 0.6 is 24.0 Å². The van der Waals surface area contributed by atoms with Crippen LogP contribution in [0.15, 0.2) is 41.4 Å². The van der Waals surface area contributed by atoms with Crippen molar-refractivity contribution in [3.05, 3.63) is 58.9 Å². The van der Waals surface area contributed by atoms with Gasteiger partial charge < -0.3 is 11.1 Å². The molecule has 28 heavy (non-hydrogen) atoms. The maximum absolute atomic E-state index is 14.4. The standard InChI is InChI=1S/C19H23FN4O2S.HI/c1-13-8-14(2)10-16(9-13)23-19(21)22-12-15-4-5-18(17(20)11-15)24-6-3-7-27(24,25)26;/h4-5,8-11H,3,6-7,12H2,1-2H3,(H3,21,22,23);1H. The second-order valence-electron chi connectivity index (χ2n) is 6.73. The van der Waals surface area contributed by atoms with Gasteiger partial charge in [0.1, 0.15) is 5.82 Å². The molecular formula is C19H24FIN4O2S. The van der Waals surface area contributed by atoms with Crippen molar-refractivity contribution in [3.63, 3.8) is 0 Å². The van der Waals surface area contributed by atoms with Crippen molar-refractivity contribution < 1.29 is 12.8 Å². The number of sulfonamides is 1. The normalized spacial score (nSPS) is 16.0. The molecule has 0 atom stereocenters. The van der Waals surface area contributed by atoms with Gasteiger partial charge in [-0.2, -0.15) is 0 Å². The van der Waals surface area contributed by atoms with Crippen molar-refractivity contribution in [2.45, 2.75) is 26.8 Å². The first kappa shape index (κ1) is 22.4. The summed E-state index contributed by atoms with van der Waals surface area (Å²) in [4.78, 5) is 4.23. The minimum Gasteiger partial charge on any atom is -0.370 e. The zero-order valence-electron chi connectivity index (χ0n) is 15.8. The van der Waals surface area contributed by atoms with Gasteiger partial charge >= 0.3 is 0 Å². The molecule has 0 amide bonds. The number of benzene rings is 2. The van der Waals surface area contributed by atoms with E-state index in [-0.39, 0.29) is 47.9 Å². The summed E-state index contributed by atoms with van der Waals surface area (Å²) < 4.78 is 39.4. The van der Waals surface area contributed by atoms with Crippen LogP contribution in [0.4, 0.5) is 15.8 Å². The SMILES string of the molecule is Cc1cc(C)cc(NC(N)=NCc2ccc(N3CCCS3(=O)=O)c(F)c2)c1.I. The van der Waals surface area contributed by atoms with Crippen molar-refractivity contribution >= 4 is 51.3 Å². The number of rotatable bonds is 4. The van der Waals surface area contributed by atoms with Gasteiger partial charge in [0, 0.05) is 12.2 Å². The quantitative estimate of drug-likeness (QED) is 0.369. The average molecular weight is 518 g/mol. The third kappa shape index (κ3) is 5.34. The molecule has 1 aliphatic heterocycles. The van der Waals surface area contributed by atoms with Crippen LogP contribution in [0.1, 0.15) is 23.1 Å². The van der Waals surface area contributed by atoms with Crippen LogP contribution in [0.2, 0.25) is 0 Å². The molecule has 0 spiro atoms. The molecule has 1 saturated heterocycles. The minimum absolute atomic E-state index is 0. The molecule has 6 nitrogen and oxygen atoms in total. The second kappa shape index (κ2) is 9.08. The summed E-state index contributed by atoms with van der Waals surface area (Å²) in [5, 5.41) is 3.02.